The molecule has 11 nitrogen and oxygen atoms in total. The van der Waals surface area contributed by atoms with Crippen molar-refractivity contribution >= 4 is 21.8 Å². The van der Waals surface area contributed by atoms with E-state index in [2.05, 4.69) is 10.3 Å². The lowest BCUT2D eigenvalue weighted by atomic mass is 10.0. The van der Waals surface area contributed by atoms with Crippen LogP contribution < -0.4 is 23.7 Å². The van der Waals surface area contributed by atoms with E-state index in [4.69, 9.17) is 28.4 Å². The van der Waals surface area contributed by atoms with Gasteiger partial charge in [0.15, 0.2) is 32.8 Å². The number of methoxy groups -OCH3 is 4. The van der Waals surface area contributed by atoms with Crippen LogP contribution in [0.5, 0.6) is 28.7 Å². The Morgan fingerprint density at radius 3 is 2.05 bits per heavy atom. The van der Waals surface area contributed by atoms with Crippen molar-refractivity contribution in [1.82, 2.24) is 14.4 Å². The molecule has 0 amide bonds. The summed E-state index contributed by atoms with van der Waals surface area (Å²) >= 11 is 1.39. The first-order valence-electron chi connectivity index (χ1n) is 12.9. The Morgan fingerprint density at radius 2 is 1.52 bits per heavy atom. The molecular formula is C27H35N3O8S2. The summed E-state index contributed by atoms with van der Waals surface area (Å²) in [7, 11) is 2.56. The van der Waals surface area contributed by atoms with Gasteiger partial charge in [-0.25, -0.2) is 8.42 Å². The van der Waals surface area contributed by atoms with Crippen molar-refractivity contribution in [3.8, 4) is 28.7 Å². The number of aromatic nitrogens is 3. The SMILES string of the molecule is CCCS(=O)(=O)c1cc(C2CCC(c3cc(OC)c(OC)c(OC)c3)O2)cc(OC)c1OCCSn1ccnn1. The molecule has 0 bridgehead atoms. The molecular weight excluding hydrogens is 558 g/mol. The summed E-state index contributed by atoms with van der Waals surface area (Å²) in [5.41, 5.74) is 1.60. The summed E-state index contributed by atoms with van der Waals surface area (Å²) in [5, 5.41) is 7.68. The molecule has 2 unspecified atom stereocenters. The lowest BCUT2D eigenvalue weighted by Gasteiger charge is -2.21. The van der Waals surface area contributed by atoms with Crippen molar-refractivity contribution in [3.63, 3.8) is 0 Å². The van der Waals surface area contributed by atoms with E-state index in [9.17, 15) is 8.42 Å². The highest BCUT2D eigenvalue weighted by atomic mass is 32.2. The van der Waals surface area contributed by atoms with Gasteiger partial charge in [-0.2, -0.15) is 4.09 Å². The van der Waals surface area contributed by atoms with Gasteiger partial charge in [-0.15, -0.1) is 5.10 Å². The molecule has 218 valence electrons. The van der Waals surface area contributed by atoms with Crippen LogP contribution in [0, 0.1) is 0 Å². The molecule has 1 aliphatic rings. The number of sulfone groups is 1. The molecule has 1 aromatic heterocycles. The van der Waals surface area contributed by atoms with Crippen LogP contribution >= 0.6 is 11.9 Å². The van der Waals surface area contributed by atoms with Crippen molar-refractivity contribution in [2.45, 2.75) is 43.3 Å². The van der Waals surface area contributed by atoms with Crippen LogP contribution in [0.2, 0.25) is 0 Å². The van der Waals surface area contributed by atoms with Crippen molar-refractivity contribution in [1.29, 1.82) is 0 Å². The van der Waals surface area contributed by atoms with Crippen molar-refractivity contribution in [2.75, 3.05) is 46.6 Å². The number of rotatable bonds is 14. The third-order valence-corrected chi connectivity index (χ3v) is 9.20. The molecule has 40 heavy (non-hydrogen) atoms. The van der Waals surface area contributed by atoms with Crippen LogP contribution in [-0.2, 0) is 14.6 Å². The maximum absolute atomic E-state index is 13.4. The van der Waals surface area contributed by atoms with Crippen LogP contribution in [0.15, 0.2) is 41.6 Å². The highest BCUT2D eigenvalue weighted by molar-refractivity contribution is 7.97. The summed E-state index contributed by atoms with van der Waals surface area (Å²) in [6.45, 7) is 2.08. The van der Waals surface area contributed by atoms with E-state index in [-0.39, 0.29) is 35.2 Å². The Hall–Kier alpha value is -3.16. The van der Waals surface area contributed by atoms with E-state index in [1.54, 1.807) is 49.9 Å². The summed E-state index contributed by atoms with van der Waals surface area (Å²) in [5.74, 6) is 2.67. The Bertz CT molecular complexity index is 1360. The molecule has 0 radical (unpaired) electrons. The average molecular weight is 594 g/mol. The zero-order valence-electron chi connectivity index (χ0n) is 23.3. The normalized spacial score (nSPS) is 17.0. The smallest absolute Gasteiger partial charge is 0.203 e. The summed E-state index contributed by atoms with van der Waals surface area (Å²) in [6, 6.07) is 7.21. The Morgan fingerprint density at radius 1 is 0.925 bits per heavy atom. The zero-order chi connectivity index (χ0) is 28.7. The summed E-state index contributed by atoms with van der Waals surface area (Å²) in [4.78, 5) is 0.106. The molecule has 2 atom stereocenters. The van der Waals surface area contributed by atoms with Crippen molar-refractivity contribution < 1.29 is 36.8 Å². The minimum atomic E-state index is -3.64. The molecule has 4 rings (SSSR count). The van der Waals surface area contributed by atoms with Gasteiger partial charge in [0.25, 0.3) is 0 Å². The number of hydrogen-bond acceptors (Lipinski definition) is 11. The Kier molecular flexibility index (Phi) is 10.0. The lowest BCUT2D eigenvalue weighted by Crippen LogP contribution is -2.13. The molecule has 0 aliphatic carbocycles. The number of hydrogen-bond donors (Lipinski definition) is 0. The van der Waals surface area contributed by atoms with Gasteiger partial charge in [0.05, 0.1) is 65.4 Å². The van der Waals surface area contributed by atoms with Crippen LogP contribution in [0.25, 0.3) is 0 Å². The summed E-state index contributed by atoms with van der Waals surface area (Å²) < 4.78 is 62.9. The molecule has 0 saturated carbocycles. The summed E-state index contributed by atoms with van der Waals surface area (Å²) in [6.07, 6.45) is 4.61. The van der Waals surface area contributed by atoms with Crippen LogP contribution in [0.4, 0.5) is 0 Å². The highest BCUT2D eigenvalue weighted by Crippen LogP contribution is 2.48. The largest absolute Gasteiger partial charge is 0.493 e. The molecule has 2 heterocycles. The quantitative estimate of drug-likeness (QED) is 0.243. The number of benzene rings is 2. The van der Waals surface area contributed by atoms with Gasteiger partial charge >= 0.3 is 0 Å². The lowest BCUT2D eigenvalue weighted by molar-refractivity contribution is 0.0435. The Labute approximate surface area is 239 Å². The predicted octanol–water partition coefficient (Wildman–Crippen LogP) is 4.66. The molecule has 0 spiro atoms. The second-order valence-electron chi connectivity index (χ2n) is 9.01. The third kappa shape index (κ3) is 6.58. The molecule has 1 fully saturated rings. The van der Waals surface area contributed by atoms with E-state index >= 15 is 0 Å². The molecule has 2 aromatic carbocycles. The fraction of sp³-hybridized carbons (Fsp3) is 0.481. The van der Waals surface area contributed by atoms with E-state index in [0.717, 1.165) is 12.0 Å². The van der Waals surface area contributed by atoms with Gasteiger partial charge in [-0.1, -0.05) is 12.1 Å². The average Bonchev–Trinajstić information content (AvgIpc) is 3.67. The van der Waals surface area contributed by atoms with Crippen molar-refractivity contribution in [2.24, 2.45) is 0 Å². The molecule has 0 N–H and O–H groups in total. The highest BCUT2D eigenvalue weighted by Gasteiger charge is 2.32. The zero-order valence-corrected chi connectivity index (χ0v) is 24.9. The standard InChI is InChI=1S/C27H35N3O8S2/c1-6-13-40(31,32)25-17-19(16-24(35-4)27(25)37-11-12-39-30-10-9-28-29-30)21-8-7-20(38-21)18-14-22(33-2)26(36-5)23(15-18)34-3/h9-10,14-17,20-21H,6-8,11-13H2,1-5H3. The first-order chi connectivity index (χ1) is 19.3. The monoisotopic (exact) mass is 593 g/mol. The van der Waals surface area contributed by atoms with Gasteiger partial charge in [-0.05, 0) is 66.6 Å². The second kappa shape index (κ2) is 13.5. The van der Waals surface area contributed by atoms with E-state index in [1.807, 2.05) is 19.1 Å². The molecule has 13 heteroatoms. The fourth-order valence-electron chi connectivity index (χ4n) is 4.64. The predicted molar refractivity (Wildman–Crippen MR) is 151 cm³/mol. The number of ether oxygens (including phenoxy) is 6. The third-order valence-electron chi connectivity index (χ3n) is 6.48. The van der Waals surface area contributed by atoms with Gasteiger partial charge in [-0.3, -0.25) is 0 Å². The second-order valence-corrected chi connectivity index (χ2v) is 12.1. The van der Waals surface area contributed by atoms with Crippen molar-refractivity contribution in [3.05, 3.63) is 47.8 Å². The van der Waals surface area contributed by atoms with E-state index in [0.29, 0.717) is 47.2 Å². The Balaban J connectivity index is 1.61. The molecule has 3 aromatic rings. The van der Waals surface area contributed by atoms with Crippen LogP contribution in [-0.4, -0.2) is 69.4 Å². The first-order valence-corrected chi connectivity index (χ1v) is 15.5. The molecule has 1 saturated heterocycles. The first kappa shape index (κ1) is 29.8. The molecule has 1 aliphatic heterocycles. The topological polar surface area (TPSA) is 120 Å². The van der Waals surface area contributed by atoms with E-state index in [1.165, 1.54) is 19.1 Å². The fourth-order valence-corrected chi connectivity index (χ4v) is 6.74. The minimum Gasteiger partial charge on any atom is -0.493 e. The van der Waals surface area contributed by atoms with Crippen LogP contribution in [0.1, 0.15) is 49.5 Å². The minimum absolute atomic E-state index is 0.0107. The van der Waals surface area contributed by atoms with Gasteiger partial charge in [0.1, 0.15) is 4.90 Å². The maximum atomic E-state index is 13.4. The van der Waals surface area contributed by atoms with Gasteiger partial charge in [0, 0.05) is 5.75 Å². The van der Waals surface area contributed by atoms with Crippen LogP contribution in [0.3, 0.4) is 0 Å². The van der Waals surface area contributed by atoms with Gasteiger partial charge in [0.2, 0.25) is 5.75 Å². The maximum Gasteiger partial charge on any atom is 0.203 e. The van der Waals surface area contributed by atoms with E-state index < -0.39 is 9.84 Å². The van der Waals surface area contributed by atoms with Gasteiger partial charge < -0.3 is 28.4 Å². The number of nitrogens with zero attached hydrogens (tertiary/aromatic N) is 3.